The summed E-state index contributed by atoms with van der Waals surface area (Å²) in [6, 6.07) is 5.89. The van der Waals surface area contributed by atoms with E-state index in [0.717, 1.165) is 30.8 Å². The maximum absolute atomic E-state index is 13.7. The molecule has 21 heavy (non-hydrogen) atoms. The lowest BCUT2D eigenvalue weighted by Crippen LogP contribution is -2.45. The lowest BCUT2D eigenvalue weighted by molar-refractivity contribution is 0.554. The third kappa shape index (κ3) is 3.92. The topological polar surface area (TPSA) is 15.3 Å². The summed E-state index contributed by atoms with van der Waals surface area (Å²) in [6.45, 7) is 10.8. The van der Waals surface area contributed by atoms with Gasteiger partial charge < -0.3 is 10.2 Å². The first-order chi connectivity index (χ1) is 10.0. The van der Waals surface area contributed by atoms with Crippen molar-refractivity contribution in [3.05, 3.63) is 29.6 Å². The van der Waals surface area contributed by atoms with Crippen LogP contribution in [-0.2, 0) is 0 Å². The maximum Gasteiger partial charge on any atom is 0.123 e. The molecule has 0 saturated carbocycles. The smallest absolute Gasteiger partial charge is 0.123 e. The van der Waals surface area contributed by atoms with E-state index in [-0.39, 0.29) is 11.9 Å². The molecular weight excluding hydrogens is 283 g/mol. The SMILES string of the molecule is CCCNC(C)c1cc(F)ccc1N1CCSC(C)C1C. The third-order valence-corrected chi connectivity index (χ3v) is 5.69. The molecule has 3 unspecified atom stereocenters. The fourth-order valence-electron chi connectivity index (χ4n) is 2.88. The molecule has 1 aromatic carbocycles. The number of benzene rings is 1. The van der Waals surface area contributed by atoms with Crippen LogP contribution in [-0.4, -0.2) is 30.1 Å². The van der Waals surface area contributed by atoms with E-state index in [1.807, 2.05) is 17.8 Å². The van der Waals surface area contributed by atoms with Crippen LogP contribution in [0, 0.1) is 5.82 Å². The highest BCUT2D eigenvalue weighted by atomic mass is 32.2. The number of nitrogens with one attached hydrogen (secondary N) is 1. The molecule has 0 radical (unpaired) electrons. The molecule has 2 rings (SSSR count). The number of thioether (sulfide) groups is 1. The van der Waals surface area contributed by atoms with Crippen molar-refractivity contribution >= 4 is 17.4 Å². The molecule has 1 aromatic rings. The molecule has 1 N–H and O–H groups in total. The van der Waals surface area contributed by atoms with Crippen LogP contribution in [0.15, 0.2) is 18.2 Å². The van der Waals surface area contributed by atoms with E-state index in [1.165, 1.54) is 5.69 Å². The van der Waals surface area contributed by atoms with Gasteiger partial charge in [0.25, 0.3) is 0 Å². The van der Waals surface area contributed by atoms with Gasteiger partial charge in [0.1, 0.15) is 5.82 Å². The van der Waals surface area contributed by atoms with Crippen molar-refractivity contribution in [2.45, 2.75) is 51.4 Å². The Labute approximate surface area is 132 Å². The Bertz CT molecular complexity index is 466. The summed E-state index contributed by atoms with van der Waals surface area (Å²) in [5, 5.41) is 4.09. The average molecular weight is 310 g/mol. The highest BCUT2D eigenvalue weighted by molar-refractivity contribution is 8.00. The van der Waals surface area contributed by atoms with Crippen molar-refractivity contribution in [2.75, 3.05) is 23.7 Å². The van der Waals surface area contributed by atoms with Gasteiger partial charge in [-0.15, -0.1) is 0 Å². The van der Waals surface area contributed by atoms with Gasteiger partial charge in [0, 0.05) is 35.3 Å². The normalized spacial score (nSPS) is 24.1. The molecule has 0 aromatic heterocycles. The predicted molar refractivity (Wildman–Crippen MR) is 91.8 cm³/mol. The van der Waals surface area contributed by atoms with Crippen molar-refractivity contribution < 1.29 is 4.39 Å². The van der Waals surface area contributed by atoms with Gasteiger partial charge in [0.05, 0.1) is 0 Å². The van der Waals surface area contributed by atoms with Crippen LogP contribution >= 0.6 is 11.8 Å². The van der Waals surface area contributed by atoms with E-state index < -0.39 is 0 Å². The van der Waals surface area contributed by atoms with Crippen molar-refractivity contribution in [1.29, 1.82) is 0 Å². The average Bonchev–Trinajstić information content (AvgIpc) is 2.48. The second kappa shape index (κ2) is 7.50. The molecule has 2 nitrogen and oxygen atoms in total. The molecule has 1 saturated heterocycles. The summed E-state index contributed by atoms with van der Waals surface area (Å²) < 4.78 is 13.7. The Kier molecular flexibility index (Phi) is 5.94. The molecule has 1 aliphatic rings. The lowest BCUT2D eigenvalue weighted by Gasteiger charge is -2.40. The van der Waals surface area contributed by atoms with Gasteiger partial charge in [-0.1, -0.05) is 13.8 Å². The fraction of sp³-hybridized carbons (Fsp3) is 0.647. The Hall–Kier alpha value is -0.740. The zero-order chi connectivity index (χ0) is 15.4. The minimum Gasteiger partial charge on any atom is -0.367 e. The van der Waals surface area contributed by atoms with Gasteiger partial charge in [-0.05, 0) is 50.6 Å². The number of halogens is 1. The van der Waals surface area contributed by atoms with E-state index in [1.54, 1.807) is 12.1 Å². The van der Waals surface area contributed by atoms with Crippen molar-refractivity contribution in [2.24, 2.45) is 0 Å². The van der Waals surface area contributed by atoms with E-state index in [0.29, 0.717) is 11.3 Å². The molecule has 0 bridgehead atoms. The molecule has 1 aliphatic heterocycles. The minimum absolute atomic E-state index is 0.147. The third-order valence-electron chi connectivity index (χ3n) is 4.35. The Morgan fingerprint density at radius 1 is 1.43 bits per heavy atom. The summed E-state index contributed by atoms with van der Waals surface area (Å²) in [7, 11) is 0. The molecule has 1 fully saturated rings. The highest BCUT2D eigenvalue weighted by Crippen LogP contribution is 2.34. The monoisotopic (exact) mass is 310 g/mol. The van der Waals surface area contributed by atoms with E-state index in [4.69, 9.17) is 0 Å². The van der Waals surface area contributed by atoms with Crippen molar-refractivity contribution in [1.82, 2.24) is 5.32 Å². The summed E-state index contributed by atoms with van der Waals surface area (Å²) in [5.41, 5.74) is 2.27. The van der Waals surface area contributed by atoms with E-state index in [2.05, 4.69) is 37.9 Å². The highest BCUT2D eigenvalue weighted by Gasteiger charge is 2.27. The van der Waals surface area contributed by atoms with Crippen LogP contribution in [0.2, 0.25) is 0 Å². The summed E-state index contributed by atoms with van der Waals surface area (Å²) in [5.74, 6) is 0.991. The molecule has 1 heterocycles. The number of hydrogen-bond acceptors (Lipinski definition) is 3. The van der Waals surface area contributed by atoms with Crippen molar-refractivity contribution in [3.8, 4) is 0 Å². The zero-order valence-electron chi connectivity index (χ0n) is 13.5. The van der Waals surface area contributed by atoms with Gasteiger partial charge in [0.15, 0.2) is 0 Å². The number of nitrogens with zero attached hydrogens (tertiary/aromatic N) is 1. The van der Waals surface area contributed by atoms with Crippen LogP contribution in [0.3, 0.4) is 0 Å². The Morgan fingerprint density at radius 3 is 2.90 bits per heavy atom. The van der Waals surface area contributed by atoms with Gasteiger partial charge in [-0.2, -0.15) is 11.8 Å². The largest absolute Gasteiger partial charge is 0.367 e. The van der Waals surface area contributed by atoms with E-state index in [9.17, 15) is 4.39 Å². The number of anilines is 1. The summed E-state index contributed by atoms with van der Waals surface area (Å²) >= 11 is 2.02. The summed E-state index contributed by atoms with van der Waals surface area (Å²) in [6.07, 6.45) is 1.09. The van der Waals surface area contributed by atoms with Crippen LogP contribution in [0.4, 0.5) is 10.1 Å². The Morgan fingerprint density at radius 2 is 2.19 bits per heavy atom. The van der Waals surface area contributed by atoms with Crippen molar-refractivity contribution in [3.63, 3.8) is 0 Å². The van der Waals surface area contributed by atoms with Crippen LogP contribution in [0.25, 0.3) is 0 Å². The first-order valence-electron chi connectivity index (χ1n) is 7.95. The maximum atomic E-state index is 13.7. The molecule has 3 atom stereocenters. The van der Waals surface area contributed by atoms with E-state index >= 15 is 0 Å². The van der Waals surface area contributed by atoms with Gasteiger partial charge >= 0.3 is 0 Å². The quantitative estimate of drug-likeness (QED) is 0.877. The van der Waals surface area contributed by atoms with Gasteiger partial charge in [-0.3, -0.25) is 0 Å². The number of hydrogen-bond donors (Lipinski definition) is 1. The van der Waals surface area contributed by atoms with Crippen LogP contribution in [0.5, 0.6) is 0 Å². The first-order valence-corrected chi connectivity index (χ1v) is 9.00. The zero-order valence-corrected chi connectivity index (χ0v) is 14.3. The summed E-state index contributed by atoms with van der Waals surface area (Å²) in [4.78, 5) is 2.44. The molecule has 118 valence electrons. The molecule has 0 amide bonds. The standard InChI is InChI=1S/C17H27FN2S/c1-5-8-19-12(2)16-11-15(18)6-7-17(16)20-9-10-21-14(4)13(20)3/h6-7,11-14,19H,5,8-10H2,1-4H3. The second-order valence-electron chi connectivity index (χ2n) is 5.89. The lowest BCUT2D eigenvalue weighted by atomic mass is 10.0. The molecular formula is C17H27FN2S. The molecule has 0 spiro atoms. The Balaban J connectivity index is 2.29. The first kappa shape index (κ1) is 16.6. The minimum atomic E-state index is -0.147. The van der Waals surface area contributed by atoms with Gasteiger partial charge in [-0.25, -0.2) is 4.39 Å². The van der Waals surface area contributed by atoms with Gasteiger partial charge in [0.2, 0.25) is 0 Å². The number of rotatable bonds is 5. The predicted octanol–water partition coefficient (Wildman–Crippen LogP) is 4.22. The van der Waals surface area contributed by atoms with Crippen LogP contribution in [0.1, 0.15) is 45.7 Å². The second-order valence-corrected chi connectivity index (χ2v) is 7.37. The molecule has 4 heteroatoms. The van der Waals surface area contributed by atoms with Crippen LogP contribution < -0.4 is 10.2 Å². The molecule has 0 aliphatic carbocycles. The fourth-order valence-corrected chi connectivity index (χ4v) is 3.98.